The third-order valence-corrected chi connectivity index (χ3v) is 2.61. The van der Waals surface area contributed by atoms with Crippen LogP contribution in [0.25, 0.3) is 6.08 Å². The molecule has 0 bridgehead atoms. The zero-order valence-corrected chi connectivity index (χ0v) is 10.7. The molecule has 0 saturated heterocycles. The summed E-state index contributed by atoms with van der Waals surface area (Å²) < 4.78 is 0. The van der Waals surface area contributed by atoms with Crippen LogP contribution in [-0.4, -0.2) is 34.7 Å². The maximum atomic E-state index is 11.4. The van der Waals surface area contributed by atoms with Gasteiger partial charge < -0.3 is 15.5 Å². The molecule has 19 heavy (non-hydrogen) atoms. The van der Waals surface area contributed by atoms with Crippen molar-refractivity contribution in [3.05, 3.63) is 41.5 Å². The Morgan fingerprint density at radius 3 is 2.42 bits per heavy atom. The number of carbonyl (C=O) groups is 2. The number of carboxylic acid groups (broad SMARTS) is 1. The van der Waals surface area contributed by atoms with Crippen molar-refractivity contribution in [3.63, 3.8) is 0 Å². The Hall–Kier alpha value is -2.14. The molecule has 1 amide bonds. The highest BCUT2D eigenvalue weighted by molar-refractivity contribution is 5.94. The highest BCUT2D eigenvalue weighted by Crippen LogP contribution is 2.06. The van der Waals surface area contributed by atoms with Crippen LogP contribution in [0.5, 0.6) is 0 Å². The van der Waals surface area contributed by atoms with Crippen LogP contribution in [0.1, 0.15) is 18.1 Å². The fourth-order valence-corrected chi connectivity index (χ4v) is 1.44. The Morgan fingerprint density at radius 2 is 1.95 bits per heavy atom. The van der Waals surface area contributed by atoms with Gasteiger partial charge in [-0.2, -0.15) is 0 Å². The zero-order valence-electron chi connectivity index (χ0n) is 10.7. The molecule has 0 aliphatic carbocycles. The smallest absolute Gasteiger partial charge is 0.328 e. The molecule has 1 aromatic rings. The lowest BCUT2D eigenvalue weighted by Crippen LogP contribution is -2.42. The first-order valence-electron chi connectivity index (χ1n) is 5.98. The molecule has 1 atom stereocenters. The number of nitrogens with one attached hydrogen (secondary N) is 1. The predicted octanol–water partition coefficient (Wildman–Crippen LogP) is 0.824. The molecule has 102 valence electrons. The lowest BCUT2D eigenvalue weighted by atomic mass is 10.1. The van der Waals surface area contributed by atoms with Crippen LogP contribution in [0.2, 0.25) is 0 Å². The molecule has 1 aromatic carbocycles. The topological polar surface area (TPSA) is 86.6 Å². The molecular weight excluding hydrogens is 246 g/mol. The van der Waals surface area contributed by atoms with Crippen LogP contribution in [0.4, 0.5) is 0 Å². The van der Waals surface area contributed by atoms with Gasteiger partial charge in [0.2, 0.25) is 5.91 Å². The monoisotopic (exact) mass is 263 g/mol. The molecular formula is C14H17NO4. The van der Waals surface area contributed by atoms with Crippen molar-refractivity contribution < 1.29 is 19.8 Å². The van der Waals surface area contributed by atoms with Crippen LogP contribution in [-0.2, 0) is 16.0 Å². The van der Waals surface area contributed by atoms with Gasteiger partial charge in [-0.25, -0.2) is 4.79 Å². The highest BCUT2D eigenvalue weighted by atomic mass is 16.4. The molecule has 0 spiro atoms. The Balaban J connectivity index is 2.59. The van der Waals surface area contributed by atoms with E-state index in [1.54, 1.807) is 6.08 Å². The van der Waals surface area contributed by atoms with Gasteiger partial charge in [-0.3, -0.25) is 4.79 Å². The quantitative estimate of drug-likeness (QED) is 0.663. The molecule has 0 unspecified atom stereocenters. The minimum Gasteiger partial charge on any atom is -0.480 e. The zero-order chi connectivity index (χ0) is 14.3. The average Bonchev–Trinajstić information content (AvgIpc) is 2.42. The fourth-order valence-electron chi connectivity index (χ4n) is 1.44. The first-order chi connectivity index (χ1) is 9.06. The van der Waals surface area contributed by atoms with Gasteiger partial charge in [0.05, 0.1) is 6.61 Å². The largest absolute Gasteiger partial charge is 0.480 e. The summed E-state index contributed by atoms with van der Waals surface area (Å²) in [5, 5.41) is 19.6. The highest BCUT2D eigenvalue weighted by Gasteiger charge is 2.16. The van der Waals surface area contributed by atoms with Crippen molar-refractivity contribution in [1.82, 2.24) is 5.32 Å². The van der Waals surface area contributed by atoms with Crippen molar-refractivity contribution in [3.8, 4) is 0 Å². The van der Waals surface area contributed by atoms with Gasteiger partial charge in [0.1, 0.15) is 0 Å². The van der Waals surface area contributed by atoms with Crippen molar-refractivity contribution in [2.75, 3.05) is 6.61 Å². The molecule has 0 radical (unpaired) electrons. The lowest BCUT2D eigenvalue weighted by molar-refractivity contribution is -0.142. The van der Waals surface area contributed by atoms with E-state index in [0.29, 0.717) is 0 Å². The molecule has 0 aliphatic heterocycles. The van der Waals surface area contributed by atoms with Crippen molar-refractivity contribution in [2.24, 2.45) is 0 Å². The van der Waals surface area contributed by atoms with Crippen LogP contribution < -0.4 is 5.32 Å². The summed E-state index contributed by atoms with van der Waals surface area (Å²) in [7, 11) is 0. The molecule has 1 rings (SSSR count). The summed E-state index contributed by atoms with van der Waals surface area (Å²) in [4.78, 5) is 22.1. The second-order valence-electron chi connectivity index (χ2n) is 4.01. The van der Waals surface area contributed by atoms with E-state index < -0.39 is 24.5 Å². The van der Waals surface area contributed by atoms with E-state index in [-0.39, 0.29) is 0 Å². The Kier molecular flexibility index (Phi) is 5.75. The predicted molar refractivity (Wildman–Crippen MR) is 71.5 cm³/mol. The second kappa shape index (κ2) is 7.33. The maximum absolute atomic E-state index is 11.4. The minimum atomic E-state index is -1.28. The van der Waals surface area contributed by atoms with Crippen molar-refractivity contribution >= 4 is 18.0 Å². The van der Waals surface area contributed by atoms with Crippen LogP contribution in [0.15, 0.2) is 30.3 Å². The molecule has 5 heteroatoms. The third kappa shape index (κ3) is 4.93. The normalized spacial score (nSPS) is 12.3. The first-order valence-corrected chi connectivity index (χ1v) is 5.98. The van der Waals surface area contributed by atoms with Gasteiger partial charge >= 0.3 is 5.97 Å². The molecule has 0 aromatic heterocycles. The second-order valence-corrected chi connectivity index (χ2v) is 4.01. The number of carboxylic acids is 1. The summed E-state index contributed by atoms with van der Waals surface area (Å²) in [5.41, 5.74) is 2.05. The summed E-state index contributed by atoms with van der Waals surface area (Å²) in [6.07, 6.45) is 3.78. The molecule has 5 nitrogen and oxygen atoms in total. The number of amides is 1. The van der Waals surface area contributed by atoms with Crippen molar-refractivity contribution in [1.29, 1.82) is 0 Å². The molecule has 0 saturated carbocycles. The fraction of sp³-hybridized carbons (Fsp3) is 0.286. The number of hydrogen-bond donors (Lipinski definition) is 3. The number of aliphatic hydroxyl groups excluding tert-OH is 1. The third-order valence-electron chi connectivity index (χ3n) is 2.61. The molecule has 0 fully saturated rings. The number of hydrogen-bond acceptors (Lipinski definition) is 3. The summed E-state index contributed by atoms with van der Waals surface area (Å²) in [6, 6.07) is 6.41. The van der Waals surface area contributed by atoms with Gasteiger partial charge in [0.25, 0.3) is 0 Å². The Morgan fingerprint density at radius 1 is 1.32 bits per heavy atom. The van der Waals surface area contributed by atoms with Gasteiger partial charge in [0, 0.05) is 6.08 Å². The number of carbonyl (C=O) groups excluding carboxylic acids is 1. The SMILES string of the molecule is CCc1ccc(/C=C/C(=O)N[C@H](CO)C(=O)O)cc1. The number of aryl methyl sites for hydroxylation is 1. The van der Waals surface area contributed by atoms with Gasteiger partial charge in [-0.15, -0.1) is 0 Å². The Labute approximate surface area is 111 Å². The van der Waals surface area contributed by atoms with Gasteiger partial charge in [0.15, 0.2) is 6.04 Å². The molecule has 0 aliphatic rings. The van der Waals surface area contributed by atoms with Crippen molar-refractivity contribution in [2.45, 2.75) is 19.4 Å². The average molecular weight is 263 g/mol. The van der Waals surface area contributed by atoms with Gasteiger partial charge in [-0.1, -0.05) is 31.2 Å². The molecule has 0 heterocycles. The first kappa shape index (κ1) is 14.9. The number of aliphatic carboxylic acids is 1. The van der Waals surface area contributed by atoms with E-state index >= 15 is 0 Å². The number of aliphatic hydroxyl groups is 1. The van der Waals surface area contributed by atoms with E-state index in [1.165, 1.54) is 11.6 Å². The van der Waals surface area contributed by atoms with E-state index in [2.05, 4.69) is 12.2 Å². The maximum Gasteiger partial charge on any atom is 0.328 e. The van der Waals surface area contributed by atoms with E-state index in [9.17, 15) is 9.59 Å². The van der Waals surface area contributed by atoms with E-state index in [0.717, 1.165) is 12.0 Å². The summed E-state index contributed by atoms with van der Waals surface area (Å²) >= 11 is 0. The van der Waals surface area contributed by atoms with E-state index in [4.69, 9.17) is 10.2 Å². The van der Waals surface area contributed by atoms with Gasteiger partial charge in [-0.05, 0) is 23.6 Å². The summed E-state index contributed by atoms with van der Waals surface area (Å²) in [5.74, 6) is -1.82. The van der Waals surface area contributed by atoms with Crippen LogP contribution in [0, 0.1) is 0 Å². The van der Waals surface area contributed by atoms with Crippen LogP contribution in [0.3, 0.4) is 0 Å². The standard InChI is InChI=1S/C14H17NO4/c1-2-10-3-5-11(6-4-10)7-8-13(17)15-12(9-16)14(18)19/h3-8,12,16H,2,9H2,1H3,(H,15,17)(H,18,19)/b8-7+/t12-/m1/s1. The number of benzene rings is 1. The van der Waals surface area contributed by atoms with E-state index in [1.807, 2.05) is 24.3 Å². The lowest BCUT2D eigenvalue weighted by Gasteiger charge is -2.09. The molecule has 3 N–H and O–H groups in total. The Bertz CT molecular complexity index is 465. The van der Waals surface area contributed by atoms with Crippen LogP contribution >= 0.6 is 0 Å². The number of rotatable bonds is 6. The minimum absolute atomic E-state index is 0.555. The summed E-state index contributed by atoms with van der Waals surface area (Å²) in [6.45, 7) is 1.42.